The Morgan fingerprint density at radius 2 is 2.07 bits per heavy atom. The number of unbranched alkanes of at least 4 members (excludes halogenated alkanes) is 1. The molecule has 0 aliphatic rings. The molecule has 0 amide bonds. The summed E-state index contributed by atoms with van der Waals surface area (Å²) in [6, 6.07) is 8.05. The van der Waals surface area contributed by atoms with E-state index < -0.39 is 0 Å². The minimum atomic E-state index is 0.714. The quantitative estimate of drug-likeness (QED) is 0.543. The molecule has 0 aromatic heterocycles. The highest BCUT2D eigenvalue weighted by Crippen LogP contribution is 2.15. The summed E-state index contributed by atoms with van der Waals surface area (Å²) in [5.41, 5.74) is 1.14. The van der Waals surface area contributed by atoms with E-state index in [4.69, 9.17) is 4.74 Å². The lowest BCUT2D eigenvalue weighted by molar-refractivity contribution is 0.340. The van der Waals surface area contributed by atoms with E-state index in [2.05, 4.69) is 11.9 Å². The number of allylic oxidation sites excluding steroid dienone is 1. The lowest BCUT2D eigenvalue weighted by Gasteiger charge is -2.07. The van der Waals surface area contributed by atoms with Crippen molar-refractivity contribution in [3.8, 4) is 5.75 Å². The Bertz CT molecular complexity index is 279. The molecule has 1 aromatic carbocycles. The van der Waals surface area contributed by atoms with Crippen LogP contribution in [0.15, 0.2) is 36.9 Å². The van der Waals surface area contributed by atoms with Gasteiger partial charge >= 0.3 is 0 Å². The number of benzene rings is 1. The minimum Gasteiger partial charge on any atom is -0.494 e. The highest BCUT2D eigenvalue weighted by Gasteiger charge is 1.93. The normalized spacial score (nSPS) is 9.67. The van der Waals surface area contributed by atoms with Gasteiger partial charge in [0.2, 0.25) is 0 Å². The van der Waals surface area contributed by atoms with Crippen LogP contribution < -0.4 is 10.1 Å². The Labute approximate surface area is 92.0 Å². The van der Waals surface area contributed by atoms with Gasteiger partial charge in [0.15, 0.2) is 0 Å². The van der Waals surface area contributed by atoms with Crippen LogP contribution in [-0.4, -0.2) is 13.2 Å². The predicted octanol–water partition coefficient (Wildman–Crippen LogP) is 3.46. The maximum Gasteiger partial charge on any atom is 0.119 e. The van der Waals surface area contributed by atoms with E-state index >= 15 is 0 Å². The van der Waals surface area contributed by atoms with E-state index in [1.165, 1.54) is 0 Å². The van der Waals surface area contributed by atoms with E-state index in [-0.39, 0.29) is 0 Å². The van der Waals surface area contributed by atoms with Crippen molar-refractivity contribution in [3.05, 3.63) is 36.9 Å². The van der Waals surface area contributed by atoms with Gasteiger partial charge in [-0.3, -0.25) is 0 Å². The van der Waals surface area contributed by atoms with Crippen molar-refractivity contribution in [1.82, 2.24) is 0 Å². The van der Waals surface area contributed by atoms with Crippen molar-refractivity contribution in [1.29, 1.82) is 0 Å². The van der Waals surface area contributed by atoms with Gasteiger partial charge in [-0.1, -0.05) is 6.08 Å². The molecule has 15 heavy (non-hydrogen) atoms. The molecule has 82 valence electrons. The highest BCUT2D eigenvalue weighted by atomic mass is 16.5. The fourth-order valence-electron chi connectivity index (χ4n) is 1.31. The topological polar surface area (TPSA) is 21.3 Å². The van der Waals surface area contributed by atoms with Crippen molar-refractivity contribution in [2.24, 2.45) is 0 Å². The molecule has 0 aliphatic carbocycles. The molecule has 0 heterocycles. The largest absolute Gasteiger partial charge is 0.494 e. The molecular weight excluding hydrogens is 186 g/mol. The van der Waals surface area contributed by atoms with Crippen LogP contribution in [0.25, 0.3) is 0 Å². The third kappa shape index (κ3) is 4.54. The van der Waals surface area contributed by atoms with Gasteiger partial charge < -0.3 is 10.1 Å². The summed E-state index contributed by atoms with van der Waals surface area (Å²) in [5, 5.41) is 3.35. The second kappa shape index (κ2) is 6.93. The molecule has 0 radical (unpaired) electrons. The zero-order valence-electron chi connectivity index (χ0n) is 9.33. The molecule has 0 aliphatic heterocycles. The molecule has 0 atom stereocenters. The summed E-state index contributed by atoms with van der Waals surface area (Å²) < 4.78 is 5.36. The van der Waals surface area contributed by atoms with Crippen LogP contribution >= 0.6 is 0 Å². The number of hydrogen-bond acceptors (Lipinski definition) is 2. The van der Waals surface area contributed by atoms with Crippen molar-refractivity contribution >= 4 is 5.69 Å². The molecule has 0 fully saturated rings. The zero-order valence-corrected chi connectivity index (χ0v) is 9.33. The van der Waals surface area contributed by atoms with Crippen LogP contribution in [0.3, 0.4) is 0 Å². The first-order valence-electron chi connectivity index (χ1n) is 5.44. The highest BCUT2D eigenvalue weighted by molar-refractivity contribution is 5.46. The van der Waals surface area contributed by atoms with Crippen molar-refractivity contribution in [2.45, 2.75) is 19.8 Å². The number of rotatable bonds is 7. The number of nitrogens with one attached hydrogen (secondary N) is 1. The number of hydrogen-bond donors (Lipinski definition) is 1. The molecule has 1 aromatic rings. The van der Waals surface area contributed by atoms with Crippen molar-refractivity contribution in [2.75, 3.05) is 18.5 Å². The van der Waals surface area contributed by atoms with Gasteiger partial charge in [0, 0.05) is 12.2 Å². The third-order valence-corrected chi connectivity index (χ3v) is 2.08. The molecule has 1 N–H and O–H groups in total. The lowest BCUT2D eigenvalue weighted by Crippen LogP contribution is -2.00. The summed E-state index contributed by atoms with van der Waals surface area (Å²) >= 11 is 0. The van der Waals surface area contributed by atoms with Gasteiger partial charge in [0.1, 0.15) is 5.75 Å². The van der Waals surface area contributed by atoms with Crippen LogP contribution in [0.1, 0.15) is 19.8 Å². The first kappa shape index (κ1) is 11.6. The van der Waals surface area contributed by atoms with Crippen LogP contribution in [-0.2, 0) is 0 Å². The molecule has 2 nitrogen and oxygen atoms in total. The fourth-order valence-corrected chi connectivity index (χ4v) is 1.31. The summed E-state index contributed by atoms with van der Waals surface area (Å²) in [5.74, 6) is 0.925. The summed E-state index contributed by atoms with van der Waals surface area (Å²) in [6.07, 6.45) is 4.13. The molecule has 0 spiro atoms. The van der Waals surface area contributed by atoms with Gasteiger partial charge in [0.05, 0.1) is 6.61 Å². The second-order valence-electron chi connectivity index (χ2n) is 3.32. The molecule has 0 bridgehead atoms. The third-order valence-electron chi connectivity index (χ3n) is 2.08. The maximum atomic E-state index is 5.36. The van der Waals surface area contributed by atoms with E-state index in [1.807, 2.05) is 37.3 Å². The SMILES string of the molecule is C=CCCCNc1ccc(OCC)cc1. The number of ether oxygens (including phenoxy) is 1. The monoisotopic (exact) mass is 205 g/mol. The smallest absolute Gasteiger partial charge is 0.119 e. The van der Waals surface area contributed by atoms with E-state index in [0.29, 0.717) is 6.61 Å². The van der Waals surface area contributed by atoms with Gasteiger partial charge in [-0.2, -0.15) is 0 Å². The summed E-state index contributed by atoms with van der Waals surface area (Å²) in [6.45, 7) is 7.38. The maximum absolute atomic E-state index is 5.36. The first-order chi connectivity index (χ1) is 7.36. The summed E-state index contributed by atoms with van der Waals surface area (Å²) in [4.78, 5) is 0. The van der Waals surface area contributed by atoms with Crippen LogP contribution in [0.4, 0.5) is 5.69 Å². The Balaban J connectivity index is 2.32. The predicted molar refractivity (Wildman–Crippen MR) is 65.5 cm³/mol. The van der Waals surface area contributed by atoms with E-state index in [0.717, 1.165) is 30.8 Å². The average Bonchev–Trinajstić information content (AvgIpc) is 2.27. The van der Waals surface area contributed by atoms with Crippen molar-refractivity contribution in [3.63, 3.8) is 0 Å². The van der Waals surface area contributed by atoms with Gasteiger partial charge in [-0.25, -0.2) is 0 Å². The molecule has 2 heteroatoms. The van der Waals surface area contributed by atoms with E-state index in [9.17, 15) is 0 Å². The lowest BCUT2D eigenvalue weighted by atomic mass is 10.2. The first-order valence-corrected chi connectivity index (χ1v) is 5.44. The Kier molecular flexibility index (Phi) is 5.38. The zero-order chi connectivity index (χ0) is 10.9. The Morgan fingerprint density at radius 1 is 1.33 bits per heavy atom. The molecule has 0 saturated heterocycles. The van der Waals surface area contributed by atoms with Gasteiger partial charge in [-0.05, 0) is 44.0 Å². The van der Waals surface area contributed by atoms with Gasteiger partial charge in [-0.15, -0.1) is 6.58 Å². The second-order valence-corrected chi connectivity index (χ2v) is 3.32. The molecule has 1 rings (SSSR count). The minimum absolute atomic E-state index is 0.714. The van der Waals surface area contributed by atoms with E-state index in [1.54, 1.807) is 0 Å². The van der Waals surface area contributed by atoms with Crippen LogP contribution in [0, 0.1) is 0 Å². The van der Waals surface area contributed by atoms with Crippen molar-refractivity contribution < 1.29 is 4.74 Å². The summed E-state index contributed by atoms with van der Waals surface area (Å²) in [7, 11) is 0. The number of anilines is 1. The van der Waals surface area contributed by atoms with Crippen LogP contribution in [0.5, 0.6) is 5.75 Å². The fraction of sp³-hybridized carbons (Fsp3) is 0.385. The molecular formula is C13H19NO. The molecule has 0 saturated carbocycles. The Hall–Kier alpha value is -1.44. The Morgan fingerprint density at radius 3 is 2.67 bits per heavy atom. The standard InChI is InChI=1S/C13H19NO/c1-3-5-6-11-14-12-7-9-13(10-8-12)15-4-2/h3,7-10,14H,1,4-6,11H2,2H3. The molecule has 0 unspecified atom stereocenters. The van der Waals surface area contributed by atoms with Crippen LogP contribution in [0.2, 0.25) is 0 Å². The average molecular weight is 205 g/mol. The van der Waals surface area contributed by atoms with Gasteiger partial charge in [0.25, 0.3) is 0 Å².